The first-order valence-corrected chi connectivity index (χ1v) is 5.47. The lowest BCUT2D eigenvalue weighted by atomic mass is 10.2. The Bertz CT molecular complexity index is 146. The van der Waals surface area contributed by atoms with Crippen molar-refractivity contribution in [2.45, 2.75) is 39.0 Å². The summed E-state index contributed by atoms with van der Waals surface area (Å²) in [4.78, 5) is 13.2. The molecule has 0 N–H and O–H groups in total. The Balaban J connectivity index is 3.20. The van der Waals surface area contributed by atoms with E-state index in [-0.39, 0.29) is 5.97 Å². The second-order valence-electron chi connectivity index (χ2n) is 3.83. The molecule has 0 rings (SSSR count). The Kier molecular flexibility index (Phi) is 8.64. The van der Waals surface area contributed by atoms with E-state index >= 15 is 0 Å². The zero-order valence-corrected chi connectivity index (χ0v) is 9.71. The van der Waals surface area contributed by atoms with Crippen molar-refractivity contribution < 1.29 is 9.53 Å². The quantitative estimate of drug-likeness (QED) is 0.445. The van der Waals surface area contributed by atoms with Crippen LogP contribution in [0.3, 0.4) is 0 Å². The third-order valence-electron chi connectivity index (χ3n) is 2.04. The second-order valence-corrected chi connectivity index (χ2v) is 3.83. The van der Waals surface area contributed by atoms with Crippen LogP contribution in [-0.4, -0.2) is 38.1 Å². The fourth-order valence-corrected chi connectivity index (χ4v) is 1.11. The molecule has 3 heteroatoms. The summed E-state index contributed by atoms with van der Waals surface area (Å²) in [6.07, 6.45) is 5.10. The van der Waals surface area contributed by atoms with Gasteiger partial charge >= 0.3 is 5.97 Å². The molecule has 0 aliphatic heterocycles. The van der Waals surface area contributed by atoms with E-state index in [1.165, 1.54) is 12.8 Å². The monoisotopic (exact) mass is 201 g/mol. The molecule has 0 aromatic heterocycles. The van der Waals surface area contributed by atoms with Gasteiger partial charge in [0, 0.05) is 13.0 Å². The van der Waals surface area contributed by atoms with Gasteiger partial charge in [0.25, 0.3) is 0 Å². The van der Waals surface area contributed by atoms with Crippen LogP contribution in [0.25, 0.3) is 0 Å². The maximum atomic E-state index is 11.1. The molecule has 0 saturated heterocycles. The molecular weight excluding hydrogens is 178 g/mol. The average Bonchev–Trinajstić information content (AvgIpc) is 2.12. The van der Waals surface area contributed by atoms with Crippen LogP contribution in [0.15, 0.2) is 0 Å². The number of carbonyl (C=O) groups excluding carboxylic acids is 1. The molecule has 0 bridgehead atoms. The Hall–Kier alpha value is -0.570. The summed E-state index contributed by atoms with van der Waals surface area (Å²) in [7, 11) is 3.93. The Labute approximate surface area is 87.4 Å². The summed E-state index contributed by atoms with van der Waals surface area (Å²) in [5, 5.41) is 0. The number of unbranched alkanes of at least 4 members (excludes halogenated alkanes) is 3. The molecule has 84 valence electrons. The van der Waals surface area contributed by atoms with Gasteiger partial charge in [-0.1, -0.05) is 26.2 Å². The molecule has 0 aliphatic rings. The highest BCUT2D eigenvalue weighted by atomic mass is 16.5. The number of rotatable bonds is 8. The molecule has 0 heterocycles. The van der Waals surface area contributed by atoms with Crippen LogP contribution >= 0.6 is 0 Å². The summed E-state index contributed by atoms with van der Waals surface area (Å²) in [5.74, 6) is -0.0528. The van der Waals surface area contributed by atoms with Crippen molar-refractivity contribution in [2.75, 3.05) is 27.2 Å². The Morgan fingerprint density at radius 1 is 1.21 bits per heavy atom. The molecule has 0 unspecified atom stereocenters. The van der Waals surface area contributed by atoms with Crippen LogP contribution < -0.4 is 0 Å². The lowest BCUT2D eigenvalue weighted by molar-refractivity contribution is -0.144. The van der Waals surface area contributed by atoms with Crippen molar-refractivity contribution in [3.63, 3.8) is 0 Å². The standard InChI is InChI=1S/C11H23NO2/c1-4-5-6-7-8-11(13)14-10-9-12(2)3/h4-10H2,1-3H3. The Morgan fingerprint density at radius 3 is 2.50 bits per heavy atom. The van der Waals surface area contributed by atoms with Crippen LogP contribution in [0, 0.1) is 0 Å². The van der Waals surface area contributed by atoms with E-state index in [9.17, 15) is 4.79 Å². The second kappa shape index (κ2) is 9.00. The highest BCUT2D eigenvalue weighted by molar-refractivity contribution is 5.69. The average molecular weight is 201 g/mol. The molecular formula is C11H23NO2. The number of ether oxygens (including phenoxy) is 1. The van der Waals surface area contributed by atoms with Gasteiger partial charge in [-0.15, -0.1) is 0 Å². The van der Waals surface area contributed by atoms with E-state index < -0.39 is 0 Å². The number of carbonyl (C=O) groups is 1. The van der Waals surface area contributed by atoms with Crippen molar-refractivity contribution in [1.29, 1.82) is 0 Å². The molecule has 0 aromatic rings. The van der Waals surface area contributed by atoms with Crippen molar-refractivity contribution in [2.24, 2.45) is 0 Å². The van der Waals surface area contributed by atoms with Gasteiger partial charge in [0.2, 0.25) is 0 Å². The van der Waals surface area contributed by atoms with Crippen LogP contribution in [0.5, 0.6) is 0 Å². The predicted molar refractivity (Wildman–Crippen MR) is 58.3 cm³/mol. The van der Waals surface area contributed by atoms with Gasteiger partial charge in [-0.2, -0.15) is 0 Å². The molecule has 0 radical (unpaired) electrons. The minimum atomic E-state index is -0.0528. The normalized spacial score (nSPS) is 10.6. The number of nitrogens with zero attached hydrogens (tertiary/aromatic N) is 1. The zero-order valence-electron chi connectivity index (χ0n) is 9.71. The van der Waals surface area contributed by atoms with Gasteiger partial charge < -0.3 is 9.64 Å². The third kappa shape index (κ3) is 9.52. The van der Waals surface area contributed by atoms with Crippen molar-refractivity contribution >= 4 is 5.97 Å². The molecule has 0 amide bonds. The van der Waals surface area contributed by atoms with Crippen LogP contribution in [0.2, 0.25) is 0 Å². The third-order valence-corrected chi connectivity index (χ3v) is 2.04. The van der Waals surface area contributed by atoms with E-state index in [4.69, 9.17) is 4.74 Å². The van der Waals surface area contributed by atoms with Gasteiger partial charge in [-0.05, 0) is 20.5 Å². The van der Waals surface area contributed by atoms with Gasteiger partial charge in [0.15, 0.2) is 0 Å². The van der Waals surface area contributed by atoms with Crippen molar-refractivity contribution in [1.82, 2.24) is 4.90 Å². The van der Waals surface area contributed by atoms with Crippen LogP contribution in [0.1, 0.15) is 39.0 Å². The minimum absolute atomic E-state index is 0.0528. The highest BCUT2D eigenvalue weighted by Crippen LogP contribution is 2.03. The molecule has 0 atom stereocenters. The summed E-state index contributed by atoms with van der Waals surface area (Å²) in [6, 6.07) is 0. The lowest BCUT2D eigenvalue weighted by Crippen LogP contribution is -2.20. The zero-order chi connectivity index (χ0) is 10.8. The lowest BCUT2D eigenvalue weighted by Gasteiger charge is -2.09. The molecule has 0 saturated carbocycles. The number of likely N-dealkylation sites (N-methyl/N-ethyl adjacent to an activating group) is 1. The van der Waals surface area contributed by atoms with Crippen LogP contribution in [-0.2, 0) is 9.53 Å². The largest absolute Gasteiger partial charge is 0.464 e. The number of hydrogen-bond acceptors (Lipinski definition) is 3. The summed E-state index contributed by atoms with van der Waals surface area (Å²) >= 11 is 0. The molecule has 3 nitrogen and oxygen atoms in total. The number of esters is 1. The molecule has 0 fully saturated rings. The van der Waals surface area contributed by atoms with Gasteiger partial charge in [-0.3, -0.25) is 4.79 Å². The van der Waals surface area contributed by atoms with E-state index in [1.54, 1.807) is 0 Å². The SMILES string of the molecule is CCCCCCC(=O)OCCN(C)C. The highest BCUT2D eigenvalue weighted by Gasteiger charge is 2.01. The topological polar surface area (TPSA) is 29.5 Å². The fraction of sp³-hybridized carbons (Fsp3) is 0.909. The minimum Gasteiger partial charge on any atom is -0.464 e. The summed E-state index contributed by atoms with van der Waals surface area (Å²) in [6.45, 7) is 3.48. The van der Waals surface area contributed by atoms with Crippen molar-refractivity contribution in [3.05, 3.63) is 0 Å². The first kappa shape index (κ1) is 13.4. The molecule has 0 aliphatic carbocycles. The fourth-order valence-electron chi connectivity index (χ4n) is 1.11. The van der Waals surface area contributed by atoms with E-state index in [0.29, 0.717) is 13.0 Å². The Morgan fingerprint density at radius 2 is 1.93 bits per heavy atom. The summed E-state index contributed by atoms with van der Waals surface area (Å²) < 4.78 is 5.05. The number of hydrogen-bond donors (Lipinski definition) is 0. The molecule has 14 heavy (non-hydrogen) atoms. The predicted octanol–water partition coefficient (Wildman–Crippen LogP) is 2.06. The summed E-state index contributed by atoms with van der Waals surface area (Å²) in [5.41, 5.74) is 0. The maximum Gasteiger partial charge on any atom is 0.305 e. The van der Waals surface area contributed by atoms with Gasteiger partial charge in [0.05, 0.1) is 0 Å². The van der Waals surface area contributed by atoms with Crippen LogP contribution in [0.4, 0.5) is 0 Å². The van der Waals surface area contributed by atoms with E-state index in [1.807, 2.05) is 19.0 Å². The van der Waals surface area contributed by atoms with E-state index in [2.05, 4.69) is 6.92 Å². The first-order chi connectivity index (χ1) is 6.66. The maximum absolute atomic E-state index is 11.1. The smallest absolute Gasteiger partial charge is 0.305 e. The van der Waals surface area contributed by atoms with Crippen molar-refractivity contribution in [3.8, 4) is 0 Å². The van der Waals surface area contributed by atoms with Gasteiger partial charge in [-0.25, -0.2) is 0 Å². The van der Waals surface area contributed by atoms with Gasteiger partial charge in [0.1, 0.15) is 6.61 Å². The molecule has 0 aromatic carbocycles. The first-order valence-electron chi connectivity index (χ1n) is 5.47. The van der Waals surface area contributed by atoms with E-state index in [0.717, 1.165) is 19.4 Å². The molecule has 0 spiro atoms.